The Hall–Kier alpha value is -1.47. The summed E-state index contributed by atoms with van der Waals surface area (Å²) in [6.45, 7) is 16.0. The summed E-state index contributed by atoms with van der Waals surface area (Å²) in [4.78, 5) is 27.5. The van der Waals surface area contributed by atoms with Crippen LogP contribution < -0.4 is 0 Å². The molecule has 0 bridgehead atoms. The Labute approximate surface area is 211 Å². The van der Waals surface area contributed by atoms with E-state index in [4.69, 9.17) is 0 Å². The molecule has 1 unspecified atom stereocenters. The third-order valence-electron chi connectivity index (χ3n) is 13.0. The van der Waals surface area contributed by atoms with E-state index < -0.39 is 5.41 Å². The number of carbonyl (C=O) groups is 2. The Morgan fingerprint density at radius 1 is 0.943 bits per heavy atom. The number of fused-ring (bicyclic) bond motifs is 7. The van der Waals surface area contributed by atoms with Crippen LogP contribution in [-0.4, -0.2) is 23.3 Å². The summed E-state index contributed by atoms with van der Waals surface area (Å²) < 4.78 is 0. The first-order valence-electron chi connectivity index (χ1n) is 13.9. The number of hydrogen-bond acceptors (Lipinski definition) is 4. The van der Waals surface area contributed by atoms with Crippen molar-refractivity contribution in [3.63, 3.8) is 0 Å². The van der Waals surface area contributed by atoms with E-state index in [2.05, 4.69) is 40.7 Å². The molecule has 5 aliphatic carbocycles. The van der Waals surface area contributed by atoms with E-state index in [9.17, 15) is 20.0 Å². The summed E-state index contributed by atoms with van der Waals surface area (Å²) in [5, 5.41) is 20.5. The average Bonchev–Trinajstić information content (AvgIpc) is 2.77. The first-order chi connectivity index (χ1) is 16.1. The lowest BCUT2D eigenvalue weighted by molar-refractivity contribution is -0.226. The van der Waals surface area contributed by atoms with E-state index in [1.165, 1.54) is 0 Å². The topological polar surface area (TPSA) is 78.2 Å². The van der Waals surface area contributed by atoms with Gasteiger partial charge < -0.3 is 5.11 Å². The van der Waals surface area contributed by atoms with Gasteiger partial charge in [0.2, 0.25) is 0 Å². The lowest BCUT2D eigenvalue weighted by Gasteiger charge is -2.72. The van der Waals surface area contributed by atoms with Gasteiger partial charge in [-0.25, -0.2) is 0 Å². The molecule has 4 nitrogen and oxygen atoms in total. The molecule has 0 aliphatic heterocycles. The summed E-state index contributed by atoms with van der Waals surface area (Å²) in [5.74, 6) is 0.823. The minimum absolute atomic E-state index is 0.0120. The Balaban J connectivity index is 1.63. The van der Waals surface area contributed by atoms with Crippen molar-refractivity contribution in [3.8, 4) is 6.07 Å². The highest BCUT2D eigenvalue weighted by molar-refractivity contribution is 6.04. The summed E-state index contributed by atoms with van der Waals surface area (Å²) >= 11 is 0. The summed E-state index contributed by atoms with van der Waals surface area (Å²) in [6.07, 6.45) is 9.61. The maximum absolute atomic E-state index is 14.3. The van der Waals surface area contributed by atoms with Gasteiger partial charge in [0.25, 0.3) is 0 Å². The van der Waals surface area contributed by atoms with Gasteiger partial charge in [0, 0.05) is 24.4 Å². The second-order valence-electron chi connectivity index (χ2n) is 15.2. The second kappa shape index (κ2) is 7.31. The zero-order chi connectivity index (χ0) is 25.8. The number of hydrogen-bond donors (Lipinski definition) is 1. The van der Waals surface area contributed by atoms with Gasteiger partial charge in [-0.05, 0) is 89.8 Å². The molecule has 5 rings (SSSR count). The fourth-order valence-electron chi connectivity index (χ4n) is 10.7. The Bertz CT molecular complexity index is 1050. The Kier molecular flexibility index (Phi) is 5.26. The van der Waals surface area contributed by atoms with E-state index in [0.29, 0.717) is 12.2 Å². The molecule has 4 fully saturated rings. The quantitative estimate of drug-likeness (QED) is 0.480. The molecule has 5 aliphatic rings. The van der Waals surface area contributed by atoms with Crippen LogP contribution in [0.5, 0.6) is 0 Å². The molecule has 4 saturated carbocycles. The van der Waals surface area contributed by atoms with Gasteiger partial charge in [-0.1, -0.05) is 54.5 Å². The number of nitriles is 1. The molecule has 4 heteroatoms. The third kappa shape index (κ3) is 3.00. The van der Waals surface area contributed by atoms with Crippen LogP contribution in [0.15, 0.2) is 11.6 Å². The maximum atomic E-state index is 14.3. The fourth-order valence-corrected chi connectivity index (χ4v) is 10.7. The molecule has 1 N–H and O–H groups in total. The molecule has 0 heterocycles. The van der Waals surface area contributed by atoms with Crippen molar-refractivity contribution in [1.82, 2.24) is 0 Å². The normalized spacial score (nSPS) is 50.1. The van der Waals surface area contributed by atoms with Gasteiger partial charge in [0.15, 0.2) is 5.78 Å². The number of Topliss-reactive ketones (excluding diaryl/α,β-unsaturated/α-hetero) is 2. The van der Waals surface area contributed by atoms with Gasteiger partial charge >= 0.3 is 0 Å². The van der Waals surface area contributed by atoms with Gasteiger partial charge in [0.05, 0.1) is 5.57 Å². The Morgan fingerprint density at radius 3 is 2.23 bits per heavy atom. The molecule has 0 aromatic rings. The van der Waals surface area contributed by atoms with Crippen molar-refractivity contribution >= 4 is 11.6 Å². The van der Waals surface area contributed by atoms with Crippen LogP contribution in [0.2, 0.25) is 0 Å². The van der Waals surface area contributed by atoms with Crippen molar-refractivity contribution in [1.29, 1.82) is 5.26 Å². The molecule has 35 heavy (non-hydrogen) atoms. The summed E-state index contributed by atoms with van der Waals surface area (Å²) in [5.41, 5.74) is -0.764. The first-order valence-corrected chi connectivity index (χ1v) is 13.9. The number of rotatable bonds is 1. The van der Waals surface area contributed by atoms with E-state index in [-0.39, 0.29) is 68.7 Å². The highest BCUT2D eigenvalue weighted by atomic mass is 16.3. The molecule has 0 spiro atoms. The smallest absolute Gasteiger partial charge is 0.178 e. The summed E-state index contributed by atoms with van der Waals surface area (Å²) in [6, 6.07) is 2.21. The van der Waals surface area contributed by atoms with Gasteiger partial charge in [-0.3, -0.25) is 9.59 Å². The minimum atomic E-state index is -0.595. The number of aliphatic hydroxyl groups excluding tert-OH is 1. The molecule has 8 atom stereocenters. The minimum Gasteiger partial charge on any atom is -0.396 e. The van der Waals surface area contributed by atoms with Crippen molar-refractivity contribution < 1.29 is 14.7 Å². The first kappa shape index (κ1) is 25.2. The van der Waals surface area contributed by atoms with Gasteiger partial charge in [0.1, 0.15) is 11.9 Å². The fraction of sp³-hybridized carbons (Fsp3) is 0.839. The van der Waals surface area contributed by atoms with E-state index in [0.717, 1.165) is 44.9 Å². The number of ketones is 2. The second-order valence-corrected chi connectivity index (χ2v) is 15.2. The molecule has 0 aromatic heterocycles. The van der Waals surface area contributed by atoms with Crippen LogP contribution in [0.4, 0.5) is 0 Å². The lowest BCUT2D eigenvalue weighted by Crippen LogP contribution is -2.68. The summed E-state index contributed by atoms with van der Waals surface area (Å²) in [7, 11) is 0. The van der Waals surface area contributed by atoms with Crippen LogP contribution in [0.25, 0.3) is 0 Å². The number of nitrogens with zero attached hydrogens (tertiary/aromatic N) is 1. The molecule has 0 saturated heterocycles. The average molecular weight is 480 g/mol. The largest absolute Gasteiger partial charge is 0.396 e. The van der Waals surface area contributed by atoms with Gasteiger partial charge in [-0.2, -0.15) is 5.26 Å². The van der Waals surface area contributed by atoms with E-state index in [1.54, 1.807) is 0 Å². The van der Waals surface area contributed by atoms with Crippen molar-refractivity contribution in [2.45, 2.75) is 99.8 Å². The SMILES string of the molecule is CC1(C)CC[C@]2(CO)CC[C@]3(C)[C@H](C(=O)CC4[C@@]5(C)C=C(C#N)C(=O)C(C)(C)[C@@H]5CC[C@]43C)[C@@H]2C1. The molecule has 0 radical (unpaired) electrons. The predicted molar refractivity (Wildman–Crippen MR) is 136 cm³/mol. The molecule has 0 amide bonds. The van der Waals surface area contributed by atoms with Crippen molar-refractivity contribution in [2.75, 3.05) is 6.61 Å². The lowest BCUT2D eigenvalue weighted by atomic mass is 9.31. The van der Waals surface area contributed by atoms with Crippen LogP contribution in [0.3, 0.4) is 0 Å². The standard InChI is InChI=1S/C31H45NO3/c1-26(2)10-12-31(18-33)13-11-30(7)24(20(31)16-26)21(34)14-23-28(5)15-19(17-32)25(35)27(3,4)22(28)8-9-29(23,30)6/h15,20,22-24,33H,8-14,16,18H2,1-7H3/t20-,22-,23?,24-,28-,29+,30+,31+/m0/s1. The maximum Gasteiger partial charge on any atom is 0.178 e. The predicted octanol–water partition coefficient (Wildman–Crippen LogP) is 6.28. The van der Waals surface area contributed by atoms with Crippen LogP contribution in [0.1, 0.15) is 99.8 Å². The van der Waals surface area contributed by atoms with Crippen LogP contribution in [-0.2, 0) is 9.59 Å². The molecular formula is C31H45NO3. The molecular weight excluding hydrogens is 434 g/mol. The number of carbonyl (C=O) groups excluding carboxylic acids is 2. The monoisotopic (exact) mass is 479 g/mol. The molecule has 0 aromatic carbocycles. The van der Waals surface area contributed by atoms with Crippen LogP contribution in [0, 0.1) is 67.5 Å². The van der Waals surface area contributed by atoms with E-state index in [1.807, 2.05) is 19.9 Å². The van der Waals surface area contributed by atoms with Crippen LogP contribution >= 0.6 is 0 Å². The zero-order valence-electron chi connectivity index (χ0n) is 23.0. The highest BCUT2D eigenvalue weighted by Crippen LogP contribution is 2.75. The van der Waals surface area contributed by atoms with Gasteiger partial charge in [-0.15, -0.1) is 0 Å². The third-order valence-corrected chi connectivity index (χ3v) is 13.0. The Morgan fingerprint density at radius 2 is 1.60 bits per heavy atom. The zero-order valence-corrected chi connectivity index (χ0v) is 23.0. The van der Waals surface area contributed by atoms with Crippen molar-refractivity contribution in [3.05, 3.63) is 11.6 Å². The molecule has 192 valence electrons. The van der Waals surface area contributed by atoms with Crippen molar-refractivity contribution in [2.24, 2.45) is 56.2 Å². The number of allylic oxidation sites excluding steroid dienone is 2. The van der Waals surface area contributed by atoms with E-state index >= 15 is 0 Å². The number of aliphatic hydroxyl groups is 1. The highest BCUT2D eigenvalue weighted by Gasteiger charge is 2.72.